The lowest BCUT2D eigenvalue weighted by Crippen LogP contribution is -2.35. The zero-order chi connectivity index (χ0) is 12.9. The maximum atomic E-state index is 3.77. The molecule has 0 aromatic rings. The van der Waals surface area contributed by atoms with Crippen molar-refractivity contribution in [3.05, 3.63) is 12.7 Å². The molecule has 0 fully saturated rings. The molecule has 1 nitrogen and oxygen atoms in total. The zero-order valence-electron chi connectivity index (χ0n) is 12.3. The van der Waals surface area contributed by atoms with Crippen molar-refractivity contribution in [3.63, 3.8) is 0 Å². The second-order valence-electron chi connectivity index (χ2n) is 5.25. The Balaban J connectivity index is 3.79. The van der Waals surface area contributed by atoms with Gasteiger partial charge >= 0.3 is 0 Å². The third-order valence-corrected chi connectivity index (χ3v) is 3.51. The second kappa shape index (κ2) is 12.2. The maximum absolute atomic E-state index is 3.77. The van der Waals surface area contributed by atoms with Gasteiger partial charge in [0, 0.05) is 6.04 Å². The Kier molecular flexibility index (Phi) is 12.0. The molecule has 1 heteroatoms. The number of allylic oxidation sites excluding steroid dienone is 1. The lowest BCUT2D eigenvalue weighted by molar-refractivity contribution is 0.328. The van der Waals surface area contributed by atoms with E-state index in [1.807, 2.05) is 6.08 Å². The van der Waals surface area contributed by atoms with Gasteiger partial charge in [-0.05, 0) is 44.6 Å². The average Bonchev–Trinajstić information content (AvgIpc) is 2.33. The largest absolute Gasteiger partial charge is 0.314 e. The predicted octanol–water partition coefficient (Wildman–Crippen LogP) is 4.93. The van der Waals surface area contributed by atoms with Gasteiger partial charge in [-0.15, -0.1) is 6.58 Å². The van der Waals surface area contributed by atoms with Gasteiger partial charge in [0.25, 0.3) is 0 Å². The Morgan fingerprint density at radius 2 is 1.82 bits per heavy atom. The number of rotatable bonds is 12. The lowest BCUT2D eigenvalue weighted by Gasteiger charge is -2.25. The van der Waals surface area contributed by atoms with Crippen LogP contribution in [0, 0.1) is 5.92 Å². The standard InChI is InChI=1S/C16H33N/c1-5-8-9-10-11-13-16(17-14-7-3)15(4)12-6-2/h5,15-17H,1,6-14H2,2-4H3. The molecule has 0 spiro atoms. The first-order valence-corrected chi connectivity index (χ1v) is 7.60. The zero-order valence-corrected chi connectivity index (χ0v) is 12.3. The van der Waals surface area contributed by atoms with Crippen LogP contribution in [-0.4, -0.2) is 12.6 Å². The molecule has 2 atom stereocenters. The van der Waals surface area contributed by atoms with E-state index >= 15 is 0 Å². The van der Waals surface area contributed by atoms with E-state index in [0.717, 1.165) is 12.0 Å². The van der Waals surface area contributed by atoms with E-state index in [1.54, 1.807) is 0 Å². The van der Waals surface area contributed by atoms with Crippen molar-refractivity contribution in [2.45, 2.75) is 78.2 Å². The fraction of sp³-hybridized carbons (Fsp3) is 0.875. The first kappa shape index (κ1) is 16.7. The molecule has 0 radical (unpaired) electrons. The van der Waals surface area contributed by atoms with Gasteiger partial charge in [0.2, 0.25) is 0 Å². The van der Waals surface area contributed by atoms with Crippen molar-refractivity contribution < 1.29 is 0 Å². The Morgan fingerprint density at radius 3 is 2.41 bits per heavy atom. The minimum atomic E-state index is 0.735. The van der Waals surface area contributed by atoms with Gasteiger partial charge in [-0.1, -0.05) is 46.1 Å². The third kappa shape index (κ3) is 9.41. The quantitative estimate of drug-likeness (QED) is 0.376. The fourth-order valence-electron chi connectivity index (χ4n) is 2.40. The number of hydrogen-bond acceptors (Lipinski definition) is 1. The van der Waals surface area contributed by atoms with Crippen molar-refractivity contribution in [1.29, 1.82) is 0 Å². The summed E-state index contributed by atoms with van der Waals surface area (Å²) in [4.78, 5) is 0. The third-order valence-electron chi connectivity index (χ3n) is 3.51. The highest BCUT2D eigenvalue weighted by molar-refractivity contribution is 4.73. The average molecular weight is 239 g/mol. The molecule has 0 rings (SSSR count). The molecule has 0 aliphatic heterocycles. The van der Waals surface area contributed by atoms with Gasteiger partial charge in [0.05, 0.1) is 0 Å². The van der Waals surface area contributed by atoms with Gasteiger partial charge < -0.3 is 5.32 Å². The molecule has 0 saturated heterocycles. The summed E-state index contributed by atoms with van der Waals surface area (Å²) < 4.78 is 0. The van der Waals surface area contributed by atoms with E-state index in [1.165, 1.54) is 57.9 Å². The molecular weight excluding hydrogens is 206 g/mol. The van der Waals surface area contributed by atoms with Gasteiger partial charge in [-0.25, -0.2) is 0 Å². The highest BCUT2D eigenvalue weighted by atomic mass is 14.9. The maximum Gasteiger partial charge on any atom is 0.00926 e. The SMILES string of the molecule is C=CCCCCCC(NCCC)C(C)CCC. The molecule has 0 aliphatic carbocycles. The molecule has 17 heavy (non-hydrogen) atoms. The van der Waals surface area contributed by atoms with E-state index in [-0.39, 0.29) is 0 Å². The van der Waals surface area contributed by atoms with Crippen LogP contribution in [0.25, 0.3) is 0 Å². The molecule has 0 amide bonds. The molecule has 2 unspecified atom stereocenters. The molecule has 1 N–H and O–H groups in total. The molecule has 0 aliphatic rings. The van der Waals surface area contributed by atoms with Crippen LogP contribution >= 0.6 is 0 Å². The second-order valence-corrected chi connectivity index (χ2v) is 5.25. The Hall–Kier alpha value is -0.300. The summed E-state index contributed by atoms with van der Waals surface area (Å²) in [5.74, 6) is 0.825. The van der Waals surface area contributed by atoms with Crippen LogP contribution in [0.4, 0.5) is 0 Å². The van der Waals surface area contributed by atoms with Crippen LogP contribution in [0.15, 0.2) is 12.7 Å². The monoisotopic (exact) mass is 239 g/mol. The van der Waals surface area contributed by atoms with Crippen LogP contribution in [0.1, 0.15) is 72.1 Å². The summed E-state index contributed by atoms with van der Waals surface area (Å²) >= 11 is 0. The number of nitrogens with one attached hydrogen (secondary N) is 1. The minimum Gasteiger partial charge on any atom is -0.314 e. The Labute approximate surface area is 109 Å². The predicted molar refractivity (Wildman–Crippen MR) is 79.4 cm³/mol. The van der Waals surface area contributed by atoms with E-state index in [0.29, 0.717) is 0 Å². The van der Waals surface area contributed by atoms with Crippen molar-refractivity contribution in [3.8, 4) is 0 Å². The summed E-state index contributed by atoms with van der Waals surface area (Å²) in [5.41, 5.74) is 0. The van der Waals surface area contributed by atoms with E-state index < -0.39 is 0 Å². The van der Waals surface area contributed by atoms with Crippen LogP contribution < -0.4 is 5.32 Å². The van der Waals surface area contributed by atoms with Crippen LogP contribution in [0.3, 0.4) is 0 Å². The Morgan fingerprint density at radius 1 is 1.06 bits per heavy atom. The summed E-state index contributed by atoms with van der Waals surface area (Å²) in [5, 5.41) is 3.72. The van der Waals surface area contributed by atoms with Crippen molar-refractivity contribution in [2.24, 2.45) is 5.92 Å². The van der Waals surface area contributed by atoms with Crippen LogP contribution in [0.5, 0.6) is 0 Å². The van der Waals surface area contributed by atoms with Gasteiger partial charge in [0.15, 0.2) is 0 Å². The fourth-order valence-corrected chi connectivity index (χ4v) is 2.40. The smallest absolute Gasteiger partial charge is 0.00926 e. The summed E-state index contributed by atoms with van der Waals surface area (Å²) in [6, 6.07) is 0.735. The normalized spacial score (nSPS) is 14.5. The van der Waals surface area contributed by atoms with Crippen molar-refractivity contribution in [2.75, 3.05) is 6.54 Å². The molecule has 0 aromatic heterocycles. The molecule has 102 valence electrons. The highest BCUT2D eigenvalue weighted by Crippen LogP contribution is 2.17. The molecule has 0 aromatic carbocycles. The van der Waals surface area contributed by atoms with Crippen molar-refractivity contribution >= 4 is 0 Å². The van der Waals surface area contributed by atoms with E-state index in [2.05, 4.69) is 32.7 Å². The molecule has 0 heterocycles. The van der Waals surface area contributed by atoms with Gasteiger partial charge in [-0.3, -0.25) is 0 Å². The molecule has 0 saturated carbocycles. The molecule has 0 bridgehead atoms. The first-order valence-electron chi connectivity index (χ1n) is 7.60. The number of unbranched alkanes of at least 4 members (excludes halogenated alkanes) is 3. The van der Waals surface area contributed by atoms with Gasteiger partial charge in [-0.2, -0.15) is 0 Å². The van der Waals surface area contributed by atoms with E-state index in [4.69, 9.17) is 0 Å². The van der Waals surface area contributed by atoms with Crippen LogP contribution in [-0.2, 0) is 0 Å². The van der Waals surface area contributed by atoms with Crippen molar-refractivity contribution in [1.82, 2.24) is 5.32 Å². The van der Waals surface area contributed by atoms with Crippen LogP contribution in [0.2, 0.25) is 0 Å². The lowest BCUT2D eigenvalue weighted by atomic mass is 9.92. The highest BCUT2D eigenvalue weighted by Gasteiger charge is 2.14. The summed E-state index contributed by atoms with van der Waals surface area (Å²) in [7, 11) is 0. The topological polar surface area (TPSA) is 12.0 Å². The van der Waals surface area contributed by atoms with Gasteiger partial charge in [0.1, 0.15) is 0 Å². The number of hydrogen-bond donors (Lipinski definition) is 1. The van der Waals surface area contributed by atoms with E-state index in [9.17, 15) is 0 Å². The summed E-state index contributed by atoms with van der Waals surface area (Å²) in [6.45, 7) is 11.9. The minimum absolute atomic E-state index is 0.735. The summed E-state index contributed by atoms with van der Waals surface area (Å²) in [6.07, 6.45) is 12.5. The molecular formula is C16H33N. The first-order chi connectivity index (χ1) is 8.26. The Bertz CT molecular complexity index is 165.